The first-order valence-corrected chi connectivity index (χ1v) is 6.51. The maximum atomic E-state index is 6.60. The second kappa shape index (κ2) is 4.69. The van der Waals surface area contributed by atoms with Crippen LogP contribution in [0.1, 0.15) is 48.8 Å². The summed E-state index contributed by atoms with van der Waals surface area (Å²) in [7, 11) is 1.74. The lowest BCUT2D eigenvalue weighted by atomic mass is 9.76. The van der Waals surface area contributed by atoms with Crippen molar-refractivity contribution in [3.05, 3.63) is 28.8 Å². The minimum absolute atomic E-state index is 0.179. The second-order valence-corrected chi connectivity index (χ2v) is 5.35. The molecule has 0 unspecified atom stereocenters. The van der Waals surface area contributed by atoms with E-state index in [1.54, 1.807) is 7.11 Å². The van der Waals surface area contributed by atoms with E-state index in [9.17, 15) is 0 Å². The maximum Gasteiger partial charge on any atom is 0.124 e. The molecule has 17 heavy (non-hydrogen) atoms. The number of ether oxygens (including phenoxy) is 1. The molecule has 1 aromatic carbocycles. The first-order valence-electron chi connectivity index (χ1n) is 6.51. The van der Waals surface area contributed by atoms with Crippen LogP contribution < -0.4 is 10.5 Å². The number of aryl methyl sites for hydroxylation is 2. The molecule has 2 nitrogen and oxygen atoms in total. The highest BCUT2D eigenvalue weighted by Crippen LogP contribution is 2.40. The predicted molar refractivity (Wildman–Crippen MR) is 71.4 cm³/mol. The molecule has 1 aromatic rings. The van der Waals surface area contributed by atoms with Crippen LogP contribution in [0.25, 0.3) is 0 Å². The molecule has 2 N–H and O–H groups in total. The van der Waals surface area contributed by atoms with Crippen LogP contribution in [-0.4, -0.2) is 7.11 Å². The first kappa shape index (κ1) is 12.4. The van der Waals surface area contributed by atoms with Crippen LogP contribution in [0.5, 0.6) is 5.75 Å². The molecule has 0 aromatic heterocycles. The molecule has 2 heteroatoms. The third-order valence-corrected chi connectivity index (χ3v) is 4.10. The van der Waals surface area contributed by atoms with E-state index in [2.05, 4.69) is 26.0 Å². The Bertz CT molecular complexity index is 406. The Labute approximate surface area is 104 Å². The molecule has 0 heterocycles. The van der Waals surface area contributed by atoms with Gasteiger partial charge in [-0.3, -0.25) is 0 Å². The maximum absolute atomic E-state index is 6.60. The Morgan fingerprint density at radius 3 is 2.24 bits per heavy atom. The Morgan fingerprint density at radius 1 is 1.06 bits per heavy atom. The normalized spacial score (nSPS) is 19.1. The van der Waals surface area contributed by atoms with Gasteiger partial charge in [-0.1, -0.05) is 25.3 Å². The van der Waals surface area contributed by atoms with Crippen LogP contribution in [0, 0.1) is 13.8 Å². The van der Waals surface area contributed by atoms with E-state index in [1.807, 2.05) is 0 Å². The SMILES string of the molecule is COc1cc(C)c(C)cc1C1(N)CCCCC1. The van der Waals surface area contributed by atoms with Crippen molar-refractivity contribution in [1.29, 1.82) is 0 Å². The lowest BCUT2D eigenvalue weighted by molar-refractivity contribution is 0.289. The molecule has 0 bridgehead atoms. The van der Waals surface area contributed by atoms with Crippen LogP contribution in [-0.2, 0) is 5.54 Å². The van der Waals surface area contributed by atoms with E-state index >= 15 is 0 Å². The summed E-state index contributed by atoms with van der Waals surface area (Å²) in [6.07, 6.45) is 5.92. The summed E-state index contributed by atoms with van der Waals surface area (Å²) in [5.74, 6) is 0.956. The summed E-state index contributed by atoms with van der Waals surface area (Å²) >= 11 is 0. The van der Waals surface area contributed by atoms with Crippen molar-refractivity contribution >= 4 is 0 Å². The van der Waals surface area contributed by atoms with Gasteiger partial charge in [-0.25, -0.2) is 0 Å². The largest absolute Gasteiger partial charge is 0.496 e. The fourth-order valence-corrected chi connectivity index (χ4v) is 2.80. The lowest BCUT2D eigenvalue weighted by Crippen LogP contribution is -2.39. The molecular formula is C15H23NO. The van der Waals surface area contributed by atoms with E-state index in [0.717, 1.165) is 18.6 Å². The standard InChI is InChI=1S/C15H23NO/c1-11-9-13(14(17-3)10-12(11)2)15(16)7-5-4-6-8-15/h9-10H,4-8,16H2,1-3H3. The smallest absolute Gasteiger partial charge is 0.124 e. The van der Waals surface area contributed by atoms with Crippen LogP contribution in [0.3, 0.4) is 0 Å². The van der Waals surface area contributed by atoms with Crippen molar-refractivity contribution in [2.24, 2.45) is 5.73 Å². The van der Waals surface area contributed by atoms with Crippen molar-refractivity contribution in [2.75, 3.05) is 7.11 Å². The van der Waals surface area contributed by atoms with Gasteiger partial charge in [0.25, 0.3) is 0 Å². The van der Waals surface area contributed by atoms with Crippen molar-refractivity contribution in [3.63, 3.8) is 0 Å². The van der Waals surface area contributed by atoms with Crippen LogP contribution >= 0.6 is 0 Å². The number of rotatable bonds is 2. The minimum Gasteiger partial charge on any atom is -0.496 e. The third kappa shape index (κ3) is 2.32. The van der Waals surface area contributed by atoms with Gasteiger partial charge in [-0.05, 0) is 43.9 Å². The molecular weight excluding hydrogens is 210 g/mol. The molecule has 0 radical (unpaired) electrons. The monoisotopic (exact) mass is 233 g/mol. The van der Waals surface area contributed by atoms with Gasteiger partial charge in [0.1, 0.15) is 5.75 Å². The number of nitrogens with two attached hydrogens (primary N) is 1. The summed E-state index contributed by atoms with van der Waals surface area (Å²) in [5.41, 5.74) is 10.2. The highest BCUT2D eigenvalue weighted by atomic mass is 16.5. The average Bonchev–Trinajstić information content (AvgIpc) is 2.33. The molecule has 1 saturated carbocycles. The number of methoxy groups -OCH3 is 1. The molecule has 0 saturated heterocycles. The van der Waals surface area contributed by atoms with E-state index < -0.39 is 0 Å². The van der Waals surface area contributed by atoms with Crippen LogP contribution in [0.2, 0.25) is 0 Å². The Balaban J connectivity index is 2.45. The third-order valence-electron chi connectivity index (χ3n) is 4.10. The topological polar surface area (TPSA) is 35.2 Å². The molecule has 0 aliphatic heterocycles. The fraction of sp³-hybridized carbons (Fsp3) is 0.600. The van der Waals surface area contributed by atoms with Gasteiger partial charge in [0.05, 0.1) is 7.11 Å². The van der Waals surface area contributed by atoms with Gasteiger partial charge in [-0.2, -0.15) is 0 Å². The van der Waals surface area contributed by atoms with Crippen molar-refractivity contribution in [3.8, 4) is 5.75 Å². The zero-order chi connectivity index (χ0) is 12.5. The fourth-order valence-electron chi connectivity index (χ4n) is 2.80. The Kier molecular flexibility index (Phi) is 3.43. The molecule has 1 fully saturated rings. The van der Waals surface area contributed by atoms with Crippen LogP contribution in [0.15, 0.2) is 12.1 Å². The highest BCUT2D eigenvalue weighted by molar-refractivity contribution is 5.45. The quantitative estimate of drug-likeness (QED) is 0.849. The molecule has 1 aliphatic carbocycles. The summed E-state index contributed by atoms with van der Waals surface area (Å²) < 4.78 is 5.52. The summed E-state index contributed by atoms with van der Waals surface area (Å²) in [6.45, 7) is 4.26. The zero-order valence-electron chi connectivity index (χ0n) is 11.2. The van der Waals surface area contributed by atoms with Gasteiger partial charge in [0.2, 0.25) is 0 Å². The van der Waals surface area contributed by atoms with E-state index in [0.29, 0.717) is 0 Å². The Morgan fingerprint density at radius 2 is 1.65 bits per heavy atom. The first-order chi connectivity index (χ1) is 8.07. The van der Waals surface area contributed by atoms with Crippen LogP contribution in [0.4, 0.5) is 0 Å². The number of hydrogen-bond donors (Lipinski definition) is 1. The lowest BCUT2D eigenvalue weighted by Gasteiger charge is -2.35. The zero-order valence-corrected chi connectivity index (χ0v) is 11.2. The van der Waals surface area contributed by atoms with Gasteiger partial charge in [-0.15, -0.1) is 0 Å². The molecule has 2 rings (SSSR count). The van der Waals surface area contributed by atoms with Crippen molar-refractivity contribution < 1.29 is 4.74 Å². The predicted octanol–water partition coefficient (Wildman–Crippen LogP) is 3.43. The average molecular weight is 233 g/mol. The van der Waals surface area contributed by atoms with E-state index in [1.165, 1.54) is 36.0 Å². The molecule has 0 atom stereocenters. The van der Waals surface area contributed by atoms with Gasteiger partial charge in [0.15, 0.2) is 0 Å². The van der Waals surface area contributed by atoms with E-state index in [-0.39, 0.29) is 5.54 Å². The number of hydrogen-bond acceptors (Lipinski definition) is 2. The molecule has 0 spiro atoms. The molecule has 1 aliphatic rings. The number of benzene rings is 1. The van der Waals surface area contributed by atoms with Gasteiger partial charge in [0, 0.05) is 11.1 Å². The van der Waals surface area contributed by atoms with Crippen molar-refractivity contribution in [1.82, 2.24) is 0 Å². The summed E-state index contributed by atoms with van der Waals surface area (Å²) in [5, 5.41) is 0. The second-order valence-electron chi connectivity index (χ2n) is 5.35. The highest BCUT2D eigenvalue weighted by Gasteiger charge is 2.32. The Hall–Kier alpha value is -1.02. The van der Waals surface area contributed by atoms with Crippen molar-refractivity contribution in [2.45, 2.75) is 51.5 Å². The summed E-state index contributed by atoms with van der Waals surface area (Å²) in [4.78, 5) is 0. The summed E-state index contributed by atoms with van der Waals surface area (Å²) in [6, 6.07) is 4.34. The molecule has 0 amide bonds. The minimum atomic E-state index is -0.179. The molecule has 94 valence electrons. The van der Waals surface area contributed by atoms with Gasteiger partial charge < -0.3 is 10.5 Å². The van der Waals surface area contributed by atoms with E-state index in [4.69, 9.17) is 10.5 Å². The van der Waals surface area contributed by atoms with Gasteiger partial charge >= 0.3 is 0 Å².